The minimum Gasteiger partial charge on any atom is -0.374 e. The summed E-state index contributed by atoms with van der Waals surface area (Å²) < 4.78 is 19.6. The molecule has 1 fully saturated rings. The molecule has 0 aliphatic carbocycles. The van der Waals surface area contributed by atoms with E-state index < -0.39 is 0 Å². The highest BCUT2D eigenvalue weighted by Gasteiger charge is 2.21. The molecule has 0 N–H and O–H groups in total. The van der Waals surface area contributed by atoms with Crippen molar-refractivity contribution in [3.8, 4) is 0 Å². The van der Waals surface area contributed by atoms with E-state index in [4.69, 9.17) is 4.74 Å². The first-order chi connectivity index (χ1) is 10.6. The van der Waals surface area contributed by atoms with Gasteiger partial charge < -0.3 is 9.64 Å². The van der Waals surface area contributed by atoms with Crippen LogP contribution >= 0.6 is 0 Å². The summed E-state index contributed by atoms with van der Waals surface area (Å²) in [5.41, 5.74) is 1.83. The maximum absolute atomic E-state index is 13.8. The molecule has 1 saturated heterocycles. The number of hydrogen-bond acceptors (Lipinski definition) is 4. The van der Waals surface area contributed by atoms with E-state index in [1.54, 1.807) is 18.3 Å². The van der Waals surface area contributed by atoms with Gasteiger partial charge in [0.15, 0.2) is 0 Å². The molecule has 22 heavy (non-hydrogen) atoms. The Morgan fingerprint density at radius 3 is 3.09 bits per heavy atom. The number of halogens is 1. The van der Waals surface area contributed by atoms with Crippen molar-refractivity contribution in [1.82, 2.24) is 14.8 Å². The third kappa shape index (κ3) is 3.61. The Balaban J connectivity index is 1.78. The van der Waals surface area contributed by atoms with Gasteiger partial charge in [-0.2, -0.15) is 0 Å². The lowest BCUT2D eigenvalue weighted by molar-refractivity contribution is -0.0405. The van der Waals surface area contributed by atoms with Gasteiger partial charge in [0.1, 0.15) is 5.82 Å². The molecule has 3 rings (SSSR count). The smallest absolute Gasteiger partial charge is 0.124 e. The molecule has 4 nitrogen and oxygen atoms in total. The van der Waals surface area contributed by atoms with Gasteiger partial charge in [0.2, 0.25) is 0 Å². The van der Waals surface area contributed by atoms with E-state index in [0.29, 0.717) is 6.54 Å². The molecule has 0 bridgehead atoms. The van der Waals surface area contributed by atoms with Crippen LogP contribution in [0.5, 0.6) is 0 Å². The Hall–Kier alpha value is -1.56. The van der Waals surface area contributed by atoms with Crippen LogP contribution in [0.25, 0.3) is 10.9 Å². The van der Waals surface area contributed by atoms with Crippen molar-refractivity contribution in [2.75, 3.05) is 40.3 Å². The monoisotopic (exact) mass is 303 g/mol. The zero-order valence-electron chi connectivity index (χ0n) is 13.1. The highest BCUT2D eigenvalue weighted by Crippen LogP contribution is 2.21. The fraction of sp³-hybridized carbons (Fsp3) is 0.471. The number of fused-ring (bicyclic) bond motifs is 1. The molecule has 0 radical (unpaired) electrons. The van der Waals surface area contributed by atoms with Gasteiger partial charge in [-0.1, -0.05) is 6.07 Å². The summed E-state index contributed by atoms with van der Waals surface area (Å²) in [5, 5.41) is 0.857. The molecule has 1 aromatic heterocycles. The van der Waals surface area contributed by atoms with E-state index >= 15 is 0 Å². The first kappa shape index (κ1) is 15.3. The van der Waals surface area contributed by atoms with Gasteiger partial charge in [0.25, 0.3) is 0 Å². The van der Waals surface area contributed by atoms with E-state index in [-0.39, 0.29) is 11.9 Å². The maximum Gasteiger partial charge on any atom is 0.124 e. The second-order valence-corrected chi connectivity index (χ2v) is 6.13. The van der Waals surface area contributed by atoms with Crippen LogP contribution in [0.4, 0.5) is 4.39 Å². The molecule has 118 valence electrons. The minimum absolute atomic E-state index is 0.200. The van der Waals surface area contributed by atoms with Gasteiger partial charge in [0.05, 0.1) is 18.2 Å². The Bertz CT molecular complexity index is 647. The highest BCUT2D eigenvalue weighted by atomic mass is 19.1. The average molecular weight is 303 g/mol. The molecule has 5 heteroatoms. The van der Waals surface area contributed by atoms with E-state index in [1.165, 1.54) is 0 Å². The van der Waals surface area contributed by atoms with Crippen LogP contribution in [0.1, 0.15) is 5.56 Å². The highest BCUT2D eigenvalue weighted by molar-refractivity contribution is 5.81. The van der Waals surface area contributed by atoms with Crippen molar-refractivity contribution in [3.05, 3.63) is 41.8 Å². The Kier molecular flexibility index (Phi) is 4.66. The fourth-order valence-electron chi connectivity index (χ4n) is 3.03. The van der Waals surface area contributed by atoms with Crippen LogP contribution in [0.2, 0.25) is 0 Å². The summed E-state index contributed by atoms with van der Waals surface area (Å²) in [6.07, 6.45) is 1.97. The summed E-state index contributed by atoms with van der Waals surface area (Å²) in [6.45, 7) is 4.06. The Labute approximate surface area is 130 Å². The Morgan fingerprint density at radius 1 is 1.41 bits per heavy atom. The molecule has 1 atom stereocenters. The zero-order valence-corrected chi connectivity index (χ0v) is 13.1. The lowest BCUT2D eigenvalue weighted by Gasteiger charge is -2.34. The second kappa shape index (κ2) is 6.69. The molecule has 2 aromatic rings. The number of pyridine rings is 1. The summed E-state index contributed by atoms with van der Waals surface area (Å²) in [5.74, 6) is -0.200. The fourth-order valence-corrected chi connectivity index (χ4v) is 3.03. The van der Waals surface area contributed by atoms with Gasteiger partial charge in [0, 0.05) is 37.8 Å². The van der Waals surface area contributed by atoms with Gasteiger partial charge in [-0.3, -0.25) is 9.88 Å². The molecular formula is C17H22FN3O. The quantitative estimate of drug-likeness (QED) is 0.865. The Morgan fingerprint density at radius 2 is 2.27 bits per heavy atom. The molecule has 1 aliphatic heterocycles. The van der Waals surface area contributed by atoms with Crippen molar-refractivity contribution in [2.45, 2.75) is 12.6 Å². The van der Waals surface area contributed by atoms with Gasteiger partial charge in [-0.15, -0.1) is 0 Å². The predicted octanol–water partition coefficient (Wildman–Crippen LogP) is 2.14. The standard InChI is InChI=1S/C17H22FN3O/c1-20(2)11-16-12-21(6-7-22-16)10-14-9-15(18)8-13-4-3-5-19-17(13)14/h3-5,8-9,16H,6-7,10-12H2,1-2H3/t16-/m0/s1. The lowest BCUT2D eigenvalue weighted by atomic mass is 10.1. The van der Waals surface area contributed by atoms with Crippen LogP contribution in [0.15, 0.2) is 30.5 Å². The molecule has 1 aliphatic rings. The molecule has 0 saturated carbocycles. The number of morpholine rings is 1. The van der Waals surface area contributed by atoms with Crippen molar-refractivity contribution in [1.29, 1.82) is 0 Å². The number of rotatable bonds is 4. The van der Waals surface area contributed by atoms with Crippen LogP contribution in [-0.4, -0.2) is 61.2 Å². The first-order valence-electron chi connectivity index (χ1n) is 7.63. The average Bonchev–Trinajstić information content (AvgIpc) is 2.46. The molecule has 1 aromatic carbocycles. The van der Waals surface area contributed by atoms with Gasteiger partial charge in [-0.25, -0.2) is 4.39 Å². The lowest BCUT2D eigenvalue weighted by Crippen LogP contribution is -2.46. The van der Waals surface area contributed by atoms with Gasteiger partial charge in [-0.05, 0) is 37.9 Å². The summed E-state index contributed by atoms with van der Waals surface area (Å²) in [4.78, 5) is 8.87. The number of nitrogens with zero attached hydrogens (tertiary/aromatic N) is 3. The van der Waals surface area contributed by atoms with Crippen LogP contribution in [-0.2, 0) is 11.3 Å². The van der Waals surface area contributed by atoms with E-state index in [1.807, 2.05) is 26.2 Å². The number of hydrogen-bond donors (Lipinski definition) is 0. The van der Waals surface area contributed by atoms with Gasteiger partial charge >= 0.3 is 0 Å². The zero-order chi connectivity index (χ0) is 15.5. The number of likely N-dealkylation sites (N-methyl/N-ethyl adjacent to an activating group) is 1. The van der Waals surface area contributed by atoms with Crippen molar-refractivity contribution in [3.63, 3.8) is 0 Å². The van der Waals surface area contributed by atoms with E-state index in [2.05, 4.69) is 14.8 Å². The van der Waals surface area contributed by atoms with Crippen LogP contribution in [0.3, 0.4) is 0 Å². The summed E-state index contributed by atoms with van der Waals surface area (Å²) in [7, 11) is 4.10. The first-order valence-corrected chi connectivity index (χ1v) is 7.63. The van der Waals surface area contributed by atoms with Crippen molar-refractivity contribution >= 4 is 10.9 Å². The largest absolute Gasteiger partial charge is 0.374 e. The maximum atomic E-state index is 13.8. The number of benzene rings is 1. The summed E-state index contributed by atoms with van der Waals surface area (Å²) in [6, 6.07) is 6.89. The van der Waals surface area contributed by atoms with Crippen LogP contribution in [0, 0.1) is 5.82 Å². The molecule has 0 unspecified atom stereocenters. The van der Waals surface area contributed by atoms with Crippen molar-refractivity contribution in [2.24, 2.45) is 0 Å². The predicted molar refractivity (Wildman–Crippen MR) is 85.3 cm³/mol. The topological polar surface area (TPSA) is 28.6 Å². The third-order valence-corrected chi connectivity index (χ3v) is 3.93. The van der Waals surface area contributed by atoms with E-state index in [0.717, 1.165) is 42.7 Å². The number of aromatic nitrogens is 1. The van der Waals surface area contributed by atoms with Crippen molar-refractivity contribution < 1.29 is 9.13 Å². The molecular weight excluding hydrogens is 281 g/mol. The SMILES string of the molecule is CN(C)C[C@H]1CN(Cc2cc(F)cc3cccnc23)CCO1. The van der Waals surface area contributed by atoms with Crippen LogP contribution < -0.4 is 0 Å². The minimum atomic E-state index is -0.200. The summed E-state index contributed by atoms with van der Waals surface area (Å²) >= 11 is 0. The molecule has 2 heterocycles. The van der Waals surface area contributed by atoms with E-state index in [9.17, 15) is 4.39 Å². The number of ether oxygens (including phenoxy) is 1. The third-order valence-electron chi connectivity index (χ3n) is 3.93. The second-order valence-electron chi connectivity index (χ2n) is 6.13. The molecule has 0 amide bonds. The molecule has 0 spiro atoms. The normalized spacial score (nSPS) is 19.9.